The number of benzene rings is 2. The van der Waals surface area contributed by atoms with Gasteiger partial charge in [-0.15, -0.1) is 0 Å². The van der Waals surface area contributed by atoms with E-state index in [1.54, 1.807) is 0 Å². The smallest absolute Gasteiger partial charge is 0.317 e. The van der Waals surface area contributed by atoms with Gasteiger partial charge in [0.1, 0.15) is 12.6 Å². The van der Waals surface area contributed by atoms with E-state index in [9.17, 15) is 4.79 Å². The zero-order valence-electron chi connectivity index (χ0n) is 19.3. The van der Waals surface area contributed by atoms with E-state index in [-0.39, 0.29) is 18.6 Å². The molecule has 0 aliphatic carbocycles. The number of hydrogen-bond donors (Lipinski definition) is 1. The average molecular weight is 460 g/mol. The fourth-order valence-corrected chi connectivity index (χ4v) is 4.22. The van der Waals surface area contributed by atoms with E-state index in [1.807, 2.05) is 56.3 Å². The number of piperidine rings is 1. The summed E-state index contributed by atoms with van der Waals surface area (Å²) in [4.78, 5) is 12.5. The summed E-state index contributed by atoms with van der Waals surface area (Å²) >= 11 is 6.10. The first-order valence-corrected chi connectivity index (χ1v) is 11.9. The van der Waals surface area contributed by atoms with Crippen molar-refractivity contribution in [1.29, 1.82) is 0 Å². The summed E-state index contributed by atoms with van der Waals surface area (Å²) in [5, 5.41) is 0.709. The third kappa shape index (κ3) is 6.55. The van der Waals surface area contributed by atoms with Crippen molar-refractivity contribution in [3.05, 3.63) is 70.7 Å². The van der Waals surface area contributed by atoms with Crippen molar-refractivity contribution >= 4 is 17.6 Å². The molecule has 0 spiro atoms. The average Bonchev–Trinajstić information content (AvgIpc) is 2.82. The molecule has 5 nitrogen and oxygen atoms in total. The standard InChI is InChI=1S/C26H36ClN2O3/c1-26(2,19-28)25(30)32-20-29(15-7-4-8-16-29)17-18-31-24(21-9-5-3-6-10-21)22-11-13-23(27)14-12-22/h3,5-6,9-14,24H,4,7-8,15-20,28H2,1-2H3/q+1. The van der Waals surface area contributed by atoms with E-state index in [4.69, 9.17) is 26.8 Å². The Morgan fingerprint density at radius 1 is 1.03 bits per heavy atom. The van der Waals surface area contributed by atoms with Crippen LogP contribution >= 0.6 is 11.6 Å². The number of esters is 1. The molecular formula is C26H36ClN2O3+. The van der Waals surface area contributed by atoms with Gasteiger partial charge in [-0.1, -0.05) is 54.1 Å². The summed E-state index contributed by atoms with van der Waals surface area (Å²) in [6.07, 6.45) is 3.33. The normalized spacial score (nSPS) is 17.0. The quantitative estimate of drug-likeness (QED) is 0.404. The first kappa shape index (κ1) is 24.7. The van der Waals surface area contributed by atoms with Crippen LogP contribution in [0.1, 0.15) is 50.3 Å². The van der Waals surface area contributed by atoms with E-state index in [0.717, 1.165) is 48.1 Å². The second-order valence-electron chi connectivity index (χ2n) is 9.44. The van der Waals surface area contributed by atoms with E-state index in [0.29, 0.717) is 18.4 Å². The Labute approximate surface area is 197 Å². The van der Waals surface area contributed by atoms with E-state index < -0.39 is 5.41 Å². The van der Waals surface area contributed by atoms with Crippen LogP contribution < -0.4 is 5.73 Å². The first-order valence-electron chi connectivity index (χ1n) is 11.5. The molecule has 1 unspecified atom stereocenters. The highest BCUT2D eigenvalue weighted by Crippen LogP contribution is 2.28. The summed E-state index contributed by atoms with van der Waals surface area (Å²) in [6.45, 7) is 7.67. The van der Waals surface area contributed by atoms with Crippen LogP contribution in [0, 0.1) is 5.41 Å². The molecule has 6 heteroatoms. The fourth-order valence-electron chi connectivity index (χ4n) is 4.09. The molecule has 1 aliphatic rings. The first-order chi connectivity index (χ1) is 15.4. The molecule has 0 radical (unpaired) electrons. The molecule has 1 aliphatic heterocycles. The third-order valence-electron chi connectivity index (χ3n) is 6.42. The highest BCUT2D eigenvalue weighted by atomic mass is 35.5. The van der Waals surface area contributed by atoms with Crippen LogP contribution in [0.3, 0.4) is 0 Å². The van der Waals surface area contributed by atoms with Gasteiger partial charge >= 0.3 is 5.97 Å². The van der Waals surface area contributed by atoms with E-state index >= 15 is 0 Å². The highest BCUT2D eigenvalue weighted by Gasteiger charge is 2.35. The molecule has 2 aromatic rings. The van der Waals surface area contributed by atoms with Crippen LogP contribution in [0.4, 0.5) is 0 Å². The van der Waals surface area contributed by atoms with Crippen molar-refractivity contribution < 1.29 is 18.8 Å². The van der Waals surface area contributed by atoms with Gasteiger partial charge < -0.3 is 15.2 Å². The van der Waals surface area contributed by atoms with Gasteiger partial charge in [0.25, 0.3) is 0 Å². The van der Waals surface area contributed by atoms with E-state index in [1.165, 1.54) is 6.42 Å². The Morgan fingerprint density at radius 2 is 1.66 bits per heavy atom. The van der Waals surface area contributed by atoms with Crippen LogP contribution in [0.2, 0.25) is 5.02 Å². The van der Waals surface area contributed by atoms with Crippen LogP contribution in [0.25, 0.3) is 0 Å². The van der Waals surface area contributed by atoms with Gasteiger partial charge in [-0.2, -0.15) is 0 Å². The Hall–Kier alpha value is -1.92. The Kier molecular flexibility index (Phi) is 8.72. The zero-order valence-corrected chi connectivity index (χ0v) is 20.0. The molecule has 2 N–H and O–H groups in total. The van der Waals surface area contributed by atoms with Gasteiger partial charge in [-0.05, 0) is 56.4 Å². The van der Waals surface area contributed by atoms with Crippen molar-refractivity contribution in [2.75, 3.05) is 39.5 Å². The van der Waals surface area contributed by atoms with Crippen LogP contribution in [0.5, 0.6) is 0 Å². The summed E-state index contributed by atoms with van der Waals surface area (Å²) in [6, 6.07) is 18.1. The van der Waals surface area contributed by atoms with Crippen molar-refractivity contribution in [3.63, 3.8) is 0 Å². The number of likely N-dealkylation sites (tertiary alicyclic amines) is 1. The monoisotopic (exact) mass is 459 g/mol. The summed E-state index contributed by atoms with van der Waals surface area (Å²) < 4.78 is 13.0. The number of nitrogens with two attached hydrogens (primary N) is 1. The number of carbonyl (C=O) groups is 1. The molecule has 0 aromatic heterocycles. The zero-order chi connectivity index (χ0) is 23.0. The van der Waals surface area contributed by atoms with Crippen molar-refractivity contribution in [2.24, 2.45) is 11.1 Å². The topological polar surface area (TPSA) is 61.6 Å². The molecule has 1 atom stereocenters. The van der Waals surface area contributed by atoms with Gasteiger partial charge in [0.05, 0.1) is 25.1 Å². The minimum Gasteiger partial charge on any atom is -0.415 e. The lowest BCUT2D eigenvalue weighted by molar-refractivity contribution is -0.948. The van der Waals surface area contributed by atoms with Crippen molar-refractivity contribution in [2.45, 2.75) is 39.2 Å². The molecule has 0 amide bonds. The molecule has 174 valence electrons. The molecule has 2 aromatic carbocycles. The third-order valence-corrected chi connectivity index (χ3v) is 6.67. The molecule has 0 bridgehead atoms. The molecular weight excluding hydrogens is 424 g/mol. The lowest BCUT2D eigenvalue weighted by Crippen LogP contribution is -2.55. The minimum absolute atomic E-state index is 0.169. The molecule has 1 heterocycles. The molecule has 0 saturated carbocycles. The van der Waals surface area contributed by atoms with Crippen LogP contribution in [-0.4, -0.2) is 50.0 Å². The number of quaternary nitrogens is 1. The van der Waals surface area contributed by atoms with Gasteiger partial charge in [-0.3, -0.25) is 9.28 Å². The fraction of sp³-hybridized carbons (Fsp3) is 0.500. The Balaban J connectivity index is 1.68. The molecule has 1 saturated heterocycles. The maximum atomic E-state index is 12.5. The molecule has 32 heavy (non-hydrogen) atoms. The van der Waals surface area contributed by atoms with Crippen LogP contribution in [-0.2, 0) is 14.3 Å². The van der Waals surface area contributed by atoms with Crippen molar-refractivity contribution in [1.82, 2.24) is 0 Å². The molecule has 3 rings (SSSR count). The maximum Gasteiger partial charge on any atom is 0.317 e. The van der Waals surface area contributed by atoms with Gasteiger partial charge in [0.15, 0.2) is 0 Å². The largest absolute Gasteiger partial charge is 0.415 e. The lowest BCUT2D eigenvalue weighted by Gasteiger charge is -2.41. The predicted molar refractivity (Wildman–Crippen MR) is 128 cm³/mol. The minimum atomic E-state index is -0.663. The van der Waals surface area contributed by atoms with E-state index in [2.05, 4.69) is 12.1 Å². The summed E-state index contributed by atoms with van der Waals surface area (Å²) in [5.74, 6) is -0.229. The number of hydrogen-bond acceptors (Lipinski definition) is 4. The second kappa shape index (κ2) is 11.3. The Bertz CT molecular complexity index is 849. The number of ether oxygens (including phenoxy) is 2. The lowest BCUT2D eigenvalue weighted by atomic mass is 9.94. The van der Waals surface area contributed by atoms with Gasteiger partial charge in [-0.25, -0.2) is 0 Å². The SMILES string of the molecule is CC(C)(CN)C(=O)OC[N+]1(CCOC(c2ccccc2)c2ccc(Cl)cc2)CCCCC1. The molecule has 1 fully saturated rings. The summed E-state index contributed by atoms with van der Waals surface area (Å²) in [7, 11) is 0. The number of halogens is 1. The predicted octanol–water partition coefficient (Wildman–Crippen LogP) is 4.93. The second-order valence-corrected chi connectivity index (χ2v) is 9.87. The van der Waals surface area contributed by atoms with Crippen molar-refractivity contribution in [3.8, 4) is 0 Å². The van der Waals surface area contributed by atoms with Crippen LogP contribution in [0.15, 0.2) is 54.6 Å². The van der Waals surface area contributed by atoms with Gasteiger partial charge in [0.2, 0.25) is 6.73 Å². The summed E-state index contributed by atoms with van der Waals surface area (Å²) in [5.41, 5.74) is 7.26. The maximum absolute atomic E-state index is 12.5. The number of carbonyl (C=O) groups excluding carboxylic acids is 1. The highest BCUT2D eigenvalue weighted by molar-refractivity contribution is 6.30. The number of nitrogens with zero attached hydrogens (tertiary/aromatic N) is 1. The number of rotatable bonds is 10. The Morgan fingerprint density at radius 3 is 2.28 bits per heavy atom. The van der Waals surface area contributed by atoms with Gasteiger partial charge in [0, 0.05) is 11.6 Å².